The zero-order valence-electron chi connectivity index (χ0n) is 11.1. The molecule has 0 aliphatic heterocycles. The number of hydrogen-bond donors (Lipinski definition) is 1. The van der Waals surface area contributed by atoms with E-state index < -0.39 is 4.92 Å². The normalized spacial score (nSPS) is 10.9. The van der Waals surface area contributed by atoms with Gasteiger partial charge in [0.25, 0.3) is 6.20 Å². The summed E-state index contributed by atoms with van der Waals surface area (Å²) < 4.78 is 0. The van der Waals surface area contributed by atoms with E-state index in [2.05, 4.69) is 5.32 Å². The molecule has 20 heavy (non-hydrogen) atoms. The van der Waals surface area contributed by atoms with Crippen molar-refractivity contribution in [3.8, 4) is 0 Å². The standard InChI is InChI=1S/C15H15N3O2/c1-17(14-10-6-3-7-11-14)15(12-18(19)20)16-13-8-4-2-5-9-13/h2-12,16H,1H3/b15-12-. The van der Waals surface area contributed by atoms with Gasteiger partial charge in [0.15, 0.2) is 5.82 Å². The molecule has 0 spiro atoms. The van der Waals surface area contributed by atoms with E-state index in [1.807, 2.05) is 60.7 Å². The number of hydrogen-bond acceptors (Lipinski definition) is 4. The fourth-order valence-electron chi connectivity index (χ4n) is 1.76. The highest BCUT2D eigenvalue weighted by Gasteiger charge is 2.11. The highest BCUT2D eigenvalue weighted by Crippen LogP contribution is 2.18. The average Bonchev–Trinajstić information content (AvgIpc) is 2.47. The van der Waals surface area contributed by atoms with Crippen molar-refractivity contribution in [1.29, 1.82) is 0 Å². The van der Waals surface area contributed by atoms with Gasteiger partial charge in [-0.25, -0.2) is 0 Å². The molecule has 0 fully saturated rings. The van der Waals surface area contributed by atoms with Crippen LogP contribution in [0.25, 0.3) is 0 Å². The van der Waals surface area contributed by atoms with Crippen LogP contribution in [0, 0.1) is 10.1 Å². The molecular formula is C15H15N3O2. The first-order valence-corrected chi connectivity index (χ1v) is 6.13. The first kappa shape index (κ1) is 13.6. The number of rotatable bonds is 5. The summed E-state index contributed by atoms with van der Waals surface area (Å²) >= 11 is 0. The Labute approximate surface area is 117 Å². The van der Waals surface area contributed by atoms with E-state index in [-0.39, 0.29) is 0 Å². The van der Waals surface area contributed by atoms with E-state index in [0.29, 0.717) is 5.82 Å². The first-order chi connectivity index (χ1) is 9.66. The third-order valence-corrected chi connectivity index (χ3v) is 2.78. The Bertz CT molecular complexity index is 597. The molecule has 102 valence electrons. The molecule has 5 heteroatoms. The van der Waals surface area contributed by atoms with Crippen LogP contribution in [0.15, 0.2) is 72.7 Å². The van der Waals surface area contributed by atoms with Crippen molar-refractivity contribution in [2.75, 3.05) is 17.3 Å². The smallest absolute Gasteiger partial charge is 0.275 e. The Balaban J connectivity index is 2.27. The molecule has 0 aromatic heterocycles. The van der Waals surface area contributed by atoms with Gasteiger partial charge < -0.3 is 10.2 Å². The van der Waals surface area contributed by atoms with Crippen LogP contribution in [0.2, 0.25) is 0 Å². The van der Waals surface area contributed by atoms with Crippen molar-refractivity contribution in [2.24, 2.45) is 0 Å². The summed E-state index contributed by atoms with van der Waals surface area (Å²) in [6, 6.07) is 18.8. The number of para-hydroxylation sites is 2. The lowest BCUT2D eigenvalue weighted by Gasteiger charge is -2.21. The summed E-state index contributed by atoms with van der Waals surface area (Å²) in [5.74, 6) is 0.396. The molecule has 0 aliphatic rings. The quantitative estimate of drug-likeness (QED) is 0.668. The summed E-state index contributed by atoms with van der Waals surface area (Å²) in [6.45, 7) is 0. The van der Waals surface area contributed by atoms with Gasteiger partial charge in [0.1, 0.15) is 0 Å². The molecule has 0 unspecified atom stereocenters. The lowest BCUT2D eigenvalue weighted by Crippen LogP contribution is -2.23. The van der Waals surface area contributed by atoms with Crippen LogP contribution in [-0.2, 0) is 0 Å². The summed E-state index contributed by atoms with van der Waals surface area (Å²) in [7, 11) is 1.78. The molecule has 0 aliphatic carbocycles. The molecule has 0 radical (unpaired) electrons. The molecule has 0 saturated heterocycles. The molecule has 1 N–H and O–H groups in total. The Morgan fingerprint density at radius 3 is 2.20 bits per heavy atom. The Morgan fingerprint density at radius 1 is 1.10 bits per heavy atom. The van der Waals surface area contributed by atoms with Crippen molar-refractivity contribution < 1.29 is 4.92 Å². The van der Waals surface area contributed by atoms with Crippen LogP contribution < -0.4 is 10.2 Å². The zero-order chi connectivity index (χ0) is 14.4. The fraction of sp³-hybridized carbons (Fsp3) is 0.0667. The Morgan fingerprint density at radius 2 is 1.65 bits per heavy atom. The van der Waals surface area contributed by atoms with Crippen molar-refractivity contribution in [1.82, 2.24) is 0 Å². The minimum atomic E-state index is -0.468. The van der Waals surface area contributed by atoms with Crippen LogP contribution in [0.3, 0.4) is 0 Å². The maximum absolute atomic E-state index is 10.8. The maximum atomic E-state index is 10.8. The number of benzene rings is 2. The lowest BCUT2D eigenvalue weighted by atomic mass is 10.3. The van der Waals surface area contributed by atoms with Crippen LogP contribution in [0.5, 0.6) is 0 Å². The molecule has 0 atom stereocenters. The largest absolute Gasteiger partial charge is 0.336 e. The second-order valence-electron chi connectivity index (χ2n) is 4.19. The van der Waals surface area contributed by atoms with Gasteiger partial charge in [0.2, 0.25) is 0 Å². The third-order valence-electron chi connectivity index (χ3n) is 2.78. The van der Waals surface area contributed by atoms with E-state index in [1.54, 1.807) is 11.9 Å². The van der Waals surface area contributed by atoms with Crippen LogP contribution in [-0.4, -0.2) is 12.0 Å². The summed E-state index contributed by atoms with van der Waals surface area (Å²) in [5.41, 5.74) is 1.66. The minimum Gasteiger partial charge on any atom is -0.336 e. The molecule has 2 rings (SSSR count). The van der Waals surface area contributed by atoms with Gasteiger partial charge in [0.05, 0.1) is 4.92 Å². The maximum Gasteiger partial charge on any atom is 0.275 e. The van der Waals surface area contributed by atoms with Gasteiger partial charge in [-0.15, -0.1) is 0 Å². The lowest BCUT2D eigenvalue weighted by molar-refractivity contribution is -0.403. The average molecular weight is 269 g/mol. The van der Waals surface area contributed by atoms with Crippen LogP contribution in [0.4, 0.5) is 11.4 Å². The number of nitrogens with one attached hydrogen (secondary N) is 1. The summed E-state index contributed by atoms with van der Waals surface area (Å²) in [4.78, 5) is 12.1. The summed E-state index contributed by atoms with van der Waals surface area (Å²) in [5, 5.41) is 13.9. The van der Waals surface area contributed by atoms with E-state index in [4.69, 9.17) is 0 Å². The SMILES string of the molecule is CN(/C(=C\[N+](=O)[O-])Nc1ccccc1)c1ccccc1. The predicted molar refractivity (Wildman–Crippen MR) is 80.0 cm³/mol. The monoisotopic (exact) mass is 269 g/mol. The van der Waals surface area contributed by atoms with Gasteiger partial charge in [-0.2, -0.15) is 0 Å². The topological polar surface area (TPSA) is 58.4 Å². The van der Waals surface area contributed by atoms with Gasteiger partial charge >= 0.3 is 0 Å². The van der Waals surface area contributed by atoms with Gasteiger partial charge in [-0.1, -0.05) is 36.4 Å². The minimum absolute atomic E-state index is 0.396. The molecule has 0 heterocycles. The molecular weight excluding hydrogens is 254 g/mol. The third kappa shape index (κ3) is 3.58. The number of nitrogens with zero attached hydrogens (tertiary/aromatic N) is 2. The van der Waals surface area contributed by atoms with Gasteiger partial charge in [-0.3, -0.25) is 10.1 Å². The second kappa shape index (κ2) is 6.38. The number of nitro groups is 1. The van der Waals surface area contributed by atoms with Crippen molar-refractivity contribution in [3.05, 3.63) is 82.8 Å². The van der Waals surface area contributed by atoms with E-state index in [1.165, 1.54) is 0 Å². The number of anilines is 2. The van der Waals surface area contributed by atoms with Gasteiger partial charge in [0, 0.05) is 18.4 Å². The van der Waals surface area contributed by atoms with E-state index >= 15 is 0 Å². The Hall–Kier alpha value is -2.82. The summed E-state index contributed by atoms with van der Waals surface area (Å²) in [6.07, 6.45) is 0.958. The van der Waals surface area contributed by atoms with Crippen molar-refractivity contribution >= 4 is 11.4 Å². The molecule has 2 aromatic rings. The van der Waals surface area contributed by atoms with Crippen LogP contribution in [0.1, 0.15) is 0 Å². The van der Waals surface area contributed by atoms with Crippen molar-refractivity contribution in [3.63, 3.8) is 0 Å². The van der Waals surface area contributed by atoms with E-state index in [0.717, 1.165) is 17.6 Å². The predicted octanol–water partition coefficient (Wildman–Crippen LogP) is 3.31. The first-order valence-electron chi connectivity index (χ1n) is 6.13. The van der Waals surface area contributed by atoms with E-state index in [9.17, 15) is 10.1 Å². The highest BCUT2D eigenvalue weighted by molar-refractivity contribution is 5.57. The fourth-order valence-corrected chi connectivity index (χ4v) is 1.76. The molecule has 2 aromatic carbocycles. The molecule has 0 bridgehead atoms. The van der Waals surface area contributed by atoms with Crippen molar-refractivity contribution in [2.45, 2.75) is 0 Å². The molecule has 0 amide bonds. The second-order valence-corrected chi connectivity index (χ2v) is 4.19. The molecule has 5 nitrogen and oxygen atoms in total. The van der Waals surface area contributed by atoms with Crippen LogP contribution >= 0.6 is 0 Å². The zero-order valence-corrected chi connectivity index (χ0v) is 11.1. The van der Waals surface area contributed by atoms with Gasteiger partial charge in [-0.05, 0) is 24.3 Å². The molecule has 0 saturated carbocycles. The highest BCUT2D eigenvalue weighted by atomic mass is 16.6. The Kier molecular flexibility index (Phi) is 4.34.